The average molecular weight is 467 g/mol. The van der Waals surface area contributed by atoms with Crippen LogP contribution in [-0.2, 0) is 10.9 Å². The largest absolute Gasteiger partial charge is 0.419 e. The minimum atomic E-state index is -4.59. The van der Waals surface area contributed by atoms with Crippen LogP contribution in [0.4, 0.5) is 19.0 Å². The standard InChI is InChI=1S/C24H34F3N5O/c1-4-14(2)31-20(8-19(28)15-7-18(24(25,26)27)22(29)30-11-15)21-16-9-23(10-17(16)21)12-32(13-23)5-6-33-3/h7-8,11,14,16-17,21,28,31H,4-6,9-10,12-13H2,1-3H3,(H2,29,30)/p+1. The number of nitrogens with two attached hydrogens (primary N) is 2. The summed E-state index contributed by atoms with van der Waals surface area (Å²) < 4.78 is 44.9. The molecule has 1 aromatic heterocycles. The lowest BCUT2D eigenvalue weighted by atomic mass is 9.74. The van der Waals surface area contributed by atoms with E-state index in [0.29, 0.717) is 29.2 Å². The maximum absolute atomic E-state index is 13.3. The van der Waals surface area contributed by atoms with E-state index in [9.17, 15) is 13.2 Å². The number of fused-ring (bicyclic) bond motifs is 1. The summed E-state index contributed by atoms with van der Waals surface area (Å²) in [6.07, 6.45) is 1.81. The van der Waals surface area contributed by atoms with Crippen LogP contribution in [0.15, 0.2) is 24.0 Å². The Labute approximate surface area is 193 Å². The van der Waals surface area contributed by atoms with Crippen LogP contribution < -0.4 is 11.1 Å². The summed E-state index contributed by atoms with van der Waals surface area (Å²) in [5, 5.41) is 10.7. The first-order valence-corrected chi connectivity index (χ1v) is 11.8. The monoisotopic (exact) mass is 466 g/mol. The molecule has 0 bridgehead atoms. The molecule has 6 nitrogen and oxygen atoms in total. The summed E-state index contributed by atoms with van der Waals surface area (Å²) >= 11 is 0. The topological polar surface area (TPSA) is 91.8 Å². The van der Waals surface area contributed by atoms with E-state index in [1.165, 1.54) is 19.0 Å². The number of nitrogens with zero attached hydrogens (tertiary/aromatic N) is 2. The van der Waals surface area contributed by atoms with Crippen molar-refractivity contribution in [2.75, 3.05) is 39.1 Å². The Balaban J connectivity index is 1.47. The van der Waals surface area contributed by atoms with Gasteiger partial charge in [-0.3, -0.25) is 10.3 Å². The molecule has 2 aliphatic carbocycles. The fraction of sp³-hybridized carbons (Fsp3) is 0.667. The summed E-state index contributed by atoms with van der Waals surface area (Å²) in [6.45, 7) is 8.28. The second-order valence-electron chi connectivity index (χ2n) is 10.2. The number of allylic oxidation sites excluding steroid dienone is 2. The SMILES string of the molecule is CCC(C)[NH2+]C(=CC(=N)c1cnc(N)c(C(F)(F)F)c1)C1C2CC3(CC21)CN(CCOC)C3. The lowest BCUT2D eigenvalue weighted by Gasteiger charge is -2.49. The van der Waals surface area contributed by atoms with Crippen molar-refractivity contribution in [3.05, 3.63) is 35.2 Å². The second kappa shape index (κ2) is 9.00. The van der Waals surface area contributed by atoms with Gasteiger partial charge < -0.3 is 15.8 Å². The van der Waals surface area contributed by atoms with Gasteiger partial charge in [-0.25, -0.2) is 4.98 Å². The number of likely N-dealkylation sites (tertiary alicyclic amines) is 1. The lowest BCUT2D eigenvalue weighted by molar-refractivity contribution is -0.644. The van der Waals surface area contributed by atoms with E-state index < -0.39 is 17.6 Å². The highest BCUT2D eigenvalue weighted by atomic mass is 19.4. The van der Waals surface area contributed by atoms with Crippen LogP contribution in [0.3, 0.4) is 0 Å². The summed E-state index contributed by atoms with van der Waals surface area (Å²) in [6, 6.07) is 1.29. The maximum atomic E-state index is 13.3. The zero-order chi connectivity index (χ0) is 24.0. The molecule has 4 rings (SSSR count). The highest BCUT2D eigenvalue weighted by Gasteiger charge is 2.66. The molecule has 1 spiro atoms. The van der Waals surface area contributed by atoms with E-state index in [4.69, 9.17) is 15.9 Å². The van der Waals surface area contributed by atoms with Gasteiger partial charge >= 0.3 is 6.18 Å². The number of pyridine rings is 1. The van der Waals surface area contributed by atoms with Crippen LogP contribution >= 0.6 is 0 Å². The van der Waals surface area contributed by atoms with Gasteiger partial charge in [-0.05, 0) is 49.5 Å². The van der Waals surface area contributed by atoms with Crippen LogP contribution in [0, 0.1) is 28.6 Å². The number of halogens is 3. The van der Waals surface area contributed by atoms with Gasteiger partial charge in [-0.15, -0.1) is 0 Å². The number of rotatable bonds is 9. The van der Waals surface area contributed by atoms with Crippen LogP contribution in [0.5, 0.6) is 0 Å². The molecule has 1 saturated heterocycles. The molecule has 5 N–H and O–H groups in total. The van der Waals surface area contributed by atoms with Crippen LogP contribution in [0.25, 0.3) is 0 Å². The van der Waals surface area contributed by atoms with Crippen molar-refractivity contribution in [2.24, 2.45) is 23.2 Å². The van der Waals surface area contributed by atoms with Gasteiger partial charge in [0.2, 0.25) is 0 Å². The molecule has 33 heavy (non-hydrogen) atoms. The Bertz CT molecular complexity index is 911. The molecule has 9 heteroatoms. The molecular formula is C24H35F3N5O+. The van der Waals surface area contributed by atoms with Crippen molar-refractivity contribution in [1.82, 2.24) is 9.88 Å². The first-order valence-electron chi connectivity index (χ1n) is 11.8. The first-order chi connectivity index (χ1) is 15.6. The molecule has 3 unspecified atom stereocenters. The fourth-order valence-corrected chi connectivity index (χ4v) is 5.92. The number of methoxy groups -OCH3 is 1. The number of quaternary nitrogens is 1. The van der Waals surface area contributed by atoms with Crippen LogP contribution in [0.2, 0.25) is 0 Å². The Morgan fingerprint density at radius 3 is 2.64 bits per heavy atom. The Morgan fingerprint density at radius 2 is 2.06 bits per heavy atom. The Hall–Kier alpha value is -1.97. The van der Waals surface area contributed by atoms with Crippen LogP contribution in [0.1, 0.15) is 44.2 Å². The number of nitrogens with one attached hydrogen (secondary N) is 1. The highest BCUT2D eigenvalue weighted by molar-refractivity contribution is 6.06. The maximum Gasteiger partial charge on any atom is 0.419 e. The number of nitrogen functional groups attached to an aromatic ring is 1. The number of hydrogen-bond acceptors (Lipinski definition) is 5. The van der Waals surface area contributed by atoms with E-state index in [2.05, 4.69) is 29.0 Å². The van der Waals surface area contributed by atoms with Gasteiger partial charge in [0.15, 0.2) is 0 Å². The van der Waals surface area contributed by atoms with Crippen molar-refractivity contribution in [3.63, 3.8) is 0 Å². The van der Waals surface area contributed by atoms with Gasteiger partial charge in [0.05, 0.1) is 23.9 Å². The minimum Gasteiger partial charge on any atom is -0.383 e. The van der Waals surface area contributed by atoms with E-state index in [0.717, 1.165) is 44.4 Å². The molecule has 2 heterocycles. The third-order valence-electron chi connectivity index (χ3n) is 7.75. The zero-order valence-corrected chi connectivity index (χ0v) is 19.6. The number of aromatic nitrogens is 1. The summed E-state index contributed by atoms with van der Waals surface area (Å²) in [4.78, 5) is 6.15. The van der Waals surface area contributed by atoms with E-state index in [1.54, 1.807) is 13.2 Å². The third kappa shape index (κ3) is 4.95. The van der Waals surface area contributed by atoms with Crippen molar-refractivity contribution >= 4 is 11.5 Å². The second-order valence-corrected chi connectivity index (χ2v) is 10.2. The molecule has 3 fully saturated rings. The van der Waals surface area contributed by atoms with Crippen LogP contribution in [-0.4, -0.2) is 55.0 Å². The predicted molar refractivity (Wildman–Crippen MR) is 121 cm³/mol. The molecule has 0 amide bonds. The minimum absolute atomic E-state index is 0.0524. The van der Waals surface area contributed by atoms with E-state index >= 15 is 0 Å². The molecule has 2 saturated carbocycles. The quantitative estimate of drug-likeness (QED) is 0.488. The molecule has 0 aromatic carbocycles. The lowest BCUT2D eigenvalue weighted by Crippen LogP contribution is -2.87. The van der Waals surface area contributed by atoms with Crippen molar-refractivity contribution < 1.29 is 23.2 Å². The number of alkyl halides is 3. The van der Waals surface area contributed by atoms with Crippen molar-refractivity contribution in [2.45, 2.75) is 45.3 Å². The third-order valence-corrected chi connectivity index (χ3v) is 7.75. The summed E-state index contributed by atoms with van der Waals surface area (Å²) in [5.41, 5.74) is 6.16. The molecule has 182 valence electrons. The van der Waals surface area contributed by atoms with Crippen molar-refractivity contribution in [3.8, 4) is 0 Å². The number of hydrogen-bond donors (Lipinski definition) is 3. The van der Waals surface area contributed by atoms with Gasteiger partial charge in [0, 0.05) is 50.5 Å². The molecule has 1 aliphatic heterocycles. The summed E-state index contributed by atoms with van der Waals surface area (Å²) in [7, 11) is 1.73. The Kier molecular flexibility index (Phi) is 6.59. The van der Waals surface area contributed by atoms with E-state index in [-0.39, 0.29) is 11.3 Å². The van der Waals surface area contributed by atoms with Gasteiger partial charge in [-0.1, -0.05) is 6.92 Å². The average Bonchev–Trinajstić information content (AvgIpc) is 3.24. The number of anilines is 1. The van der Waals surface area contributed by atoms with E-state index in [1.807, 2.05) is 0 Å². The Morgan fingerprint density at radius 1 is 1.39 bits per heavy atom. The van der Waals surface area contributed by atoms with Gasteiger partial charge in [0.25, 0.3) is 0 Å². The molecular weight excluding hydrogens is 431 g/mol. The summed E-state index contributed by atoms with van der Waals surface area (Å²) in [5.74, 6) is 1.08. The number of ether oxygens (including phenoxy) is 1. The highest BCUT2D eigenvalue weighted by Crippen LogP contribution is 2.67. The van der Waals surface area contributed by atoms with Gasteiger partial charge in [0.1, 0.15) is 11.5 Å². The molecule has 1 aromatic rings. The van der Waals surface area contributed by atoms with Crippen molar-refractivity contribution in [1.29, 1.82) is 5.41 Å². The zero-order valence-electron chi connectivity index (χ0n) is 19.6. The molecule has 0 radical (unpaired) electrons. The smallest absolute Gasteiger partial charge is 0.383 e. The predicted octanol–water partition coefficient (Wildman–Crippen LogP) is 2.90. The fourth-order valence-electron chi connectivity index (χ4n) is 5.92. The molecule has 3 aliphatic rings. The first kappa shape index (κ1) is 24.2. The van der Waals surface area contributed by atoms with Gasteiger partial charge in [-0.2, -0.15) is 13.2 Å². The molecule has 3 atom stereocenters. The normalized spacial score (nSPS) is 27.3.